The fourth-order valence-corrected chi connectivity index (χ4v) is 0.760. The van der Waals surface area contributed by atoms with Crippen molar-refractivity contribution in [3.8, 4) is 0 Å². The summed E-state index contributed by atoms with van der Waals surface area (Å²) in [6.45, 7) is 0.428. The maximum absolute atomic E-state index is 10.6. The fraction of sp³-hybridized carbons (Fsp3) is 1.00. The quantitative estimate of drug-likeness (QED) is 0.446. The topological polar surface area (TPSA) is 67.8 Å². The van der Waals surface area contributed by atoms with Crippen molar-refractivity contribution in [3.05, 3.63) is 0 Å². The first kappa shape index (κ1) is 10.1. The van der Waals surface area contributed by atoms with Crippen LogP contribution in [0.3, 0.4) is 0 Å². The number of methoxy groups -OCH3 is 1. The van der Waals surface area contributed by atoms with Crippen LogP contribution in [0.25, 0.3) is 0 Å². The van der Waals surface area contributed by atoms with E-state index in [-0.39, 0.29) is 6.61 Å². The van der Waals surface area contributed by atoms with E-state index >= 15 is 0 Å². The SMILES string of the molecule is CNP(=O)(O)OCCOC. The number of hydrogen-bond donors (Lipinski definition) is 2. The molecule has 0 spiro atoms. The highest BCUT2D eigenvalue weighted by molar-refractivity contribution is 7.50. The molecular weight excluding hydrogens is 157 g/mol. The summed E-state index contributed by atoms with van der Waals surface area (Å²) >= 11 is 0. The highest BCUT2D eigenvalue weighted by Crippen LogP contribution is 2.34. The zero-order chi connectivity index (χ0) is 8.04. The van der Waals surface area contributed by atoms with Gasteiger partial charge >= 0.3 is 7.75 Å². The maximum Gasteiger partial charge on any atom is 0.402 e. The van der Waals surface area contributed by atoms with Crippen LogP contribution in [0, 0.1) is 0 Å². The van der Waals surface area contributed by atoms with E-state index in [1.54, 1.807) is 0 Å². The highest BCUT2D eigenvalue weighted by Gasteiger charge is 2.14. The van der Waals surface area contributed by atoms with Crippen LogP contribution in [-0.2, 0) is 13.8 Å². The highest BCUT2D eigenvalue weighted by atomic mass is 31.2. The van der Waals surface area contributed by atoms with Crippen molar-refractivity contribution < 1.29 is 18.7 Å². The van der Waals surface area contributed by atoms with Gasteiger partial charge in [0.1, 0.15) is 0 Å². The number of rotatable bonds is 5. The first-order valence-electron chi connectivity index (χ1n) is 2.77. The van der Waals surface area contributed by atoms with E-state index in [9.17, 15) is 4.57 Å². The average Bonchev–Trinajstić information content (AvgIpc) is 1.89. The smallest absolute Gasteiger partial charge is 0.382 e. The van der Waals surface area contributed by atoms with Crippen LogP contribution < -0.4 is 5.09 Å². The maximum atomic E-state index is 10.6. The van der Waals surface area contributed by atoms with E-state index in [0.717, 1.165) is 0 Å². The Balaban J connectivity index is 3.38. The third-order valence-electron chi connectivity index (χ3n) is 0.836. The van der Waals surface area contributed by atoms with Gasteiger partial charge in [-0.3, -0.25) is 4.52 Å². The minimum absolute atomic E-state index is 0.116. The molecule has 0 aromatic rings. The second kappa shape index (κ2) is 4.82. The number of nitrogens with one attached hydrogen (secondary N) is 1. The molecule has 0 aromatic carbocycles. The molecule has 1 atom stereocenters. The lowest BCUT2D eigenvalue weighted by atomic mass is 10.8. The Labute approximate surface area is 59.9 Å². The largest absolute Gasteiger partial charge is 0.402 e. The predicted octanol–water partition coefficient (Wildman–Crippen LogP) is -0.0308. The Morgan fingerprint density at radius 2 is 2.20 bits per heavy atom. The van der Waals surface area contributed by atoms with E-state index in [2.05, 4.69) is 14.3 Å². The Hall–Kier alpha value is 0.0700. The van der Waals surface area contributed by atoms with Crippen LogP contribution in [0.5, 0.6) is 0 Å². The van der Waals surface area contributed by atoms with Crippen LogP contribution >= 0.6 is 7.75 Å². The van der Waals surface area contributed by atoms with Crippen LogP contribution in [0.15, 0.2) is 0 Å². The van der Waals surface area contributed by atoms with Gasteiger partial charge in [-0.2, -0.15) is 0 Å². The molecule has 62 valence electrons. The molecule has 0 radical (unpaired) electrons. The third-order valence-corrected chi connectivity index (χ3v) is 1.93. The number of ether oxygens (including phenoxy) is 1. The summed E-state index contributed by atoms with van der Waals surface area (Å²) in [5.74, 6) is 0. The average molecular weight is 169 g/mol. The van der Waals surface area contributed by atoms with Gasteiger partial charge in [0.05, 0.1) is 13.2 Å². The van der Waals surface area contributed by atoms with Gasteiger partial charge in [-0.05, 0) is 7.05 Å². The second-order valence-electron chi connectivity index (χ2n) is 1.57. The molecule has 0 aliphatic carbocycles. The van der Waals surface area contributed by atoms with Crippen LogP contribution in [0.1, 0.15) is 0 Å². The third kappa shape index (κ3) is 4.90. The van der Waals surface area contributed by atoms with Gasteiger partial charge in [0, 0.05) is 7.11 Å². The second-order valence-corrected chi connectivity index (χ2v) is 3.32. The summed E-state index contributed by atoms with van der Waals surface area (Å²) < 4.78 is 19.7. The van der Waals surface area contributed by atoms with E-state index in [1.165, 1.54) is 14.2 Å². The predicted molar refractivity (Wildman–Crippen MR) is 36.7 cm³/mol. The lowest BCUT2D eigenvalue weighted by molar-refractivity contribution is 0.136. The van der Waals surface area contributed by atoms with Gasteiger partial charge < -0.3 is 9.63 Å². The molecule has 5 nitrogen and oxygen atoms in total. The summed E-state index contributed by atoms with van der Waals surface area (Å²) in [5.41, 5.74) is 0. The summed E-state index contributed by atoms with van der Waals surface area (Å²) in [4.78, 5) is 8.72. The van der Waals surface area contributed by atoms with Gasteiger partial charge in [-0.15, -0.1) is 0 Å². The normalized spacial score (nSPS) is 16.7. The van der Waals surface area contributed by atoms with Gasteiger partial charge in [0.25, 0.3) is 0 Å². The summed E-state index contributed by atoms with van der Waals surface area (Å²) in [5, 5.41) is 2.13. The van der Waals surface area contributed by atoms with Crippen LogP contribution in [0.2, 0.25) is 0 Å². The van der Waals surface area contributed by atoms with Crippen molar-refractivity contribution in [2.75, 3.05) is 27.4 Å². The van der Waals surface area contributed by atoms with Crippen molar-refractivity contribution in [1.82, 2.24) is 5.09 Å². The van der Waals surface area contributed by atoms with Crippen molar-refractivity contribution in [1.29, 1.82) is 0 Å². The molecule has 0 saturated heterocycles. The summed E-state index contributed by atoms with van der Waals surface area (Å²) in [6.07, 6.45) is 0. The molecule has 0 amide bonds. The first-order valence-corrected chi connectivity index (χ1v) is 4.35. The number of hydrogen-bond acceptors (Lipinski definition) is 3. The molecule has 0 aliphatic heterocycles. The minimum Gasteiger partial charge on any atom is -0.382 e. The minimum atomic E-state index is -3.53. The molecule has 2 N–H and O–H groups in total. The molecule has 0 aliphatic rings. The van der Waals surface area contributed by atoms with Crippen molar-refractivity contribution >= 4 is 7.75 Å². The standard InChI is InChI=1S/C4H12NO4P/c1-5-10(6,7)9-4-3-8-2/h3-4H2,1-2H3,(H2,5,6,7). The monoisotopic (exact) mass is 169 g/mol. The zero-order valence-corrected chi connectivity index (χ0v) is 6.93. The summed E-state index contributed by atoms with van der Waals surface area (Å²) in [6, 6.07) is 0. The lowest BCUT2D eigenvalue weighted by Crippen LogP contribution is -2.08. The first-order chi connectivity index (χ1) is 4.62. The lowest BCUT2D eigenvalue weighted by Gasteiger charge is -2.08. The van der Waals surface area contributed by atoms with Crippen molar-refractivity contribution in [2.45, 2.75) is 0 Å². The van der Waals surface area contributed by atoms with E-state index in [4.69, 9.17) is 4.89 Å². The molecule has 0 heterocycles. The molecule has 0 bridgehead atoms. The molecule has 6 heteroatoms. The van der Waals surface area contributed by atoms with E-state index < -0.39 is 7.75 Å². The van der Waals surface area contributed by atoms with Gasteiger partial charge in [-0.1, -0.05) is 0 Å². The molecule has 0 aromatic heterocycles. The van der Waals surface area contributed by atoms with Gasteiger partial charge in [-0.25, -0.2) is 9.65 Å². The van der Waals surface area contributed by atoms with E-state index in [0.29, 0.717) is 6.61 Å². The van der Waals surface area contributed by atoms with E-state index in [1.807, 2.05) is 0 Å². The van der Waals surface area contributed by atoms with Gasteiger partial charge in [0.15, 0.2) is 0 Å². The molecule has 10 heavy (non-hydrogen) atoms. The van der Waals surface area contributed by atoms with Gasteiger partial charge in [0.2, 0.25) is 0 Å². The van der Waals surface area contributed by atoms with Crippen molar-refractivity contribution in [3.63, 3.8) is 0 Å². The molecule has 0 saturated carbocycles. The van der Waals surface area contributed by atoms with Crippen LogP contribution in [0.4, 0.5) is 0 Å². The molecule has 0 rings (SSSR count). The zero-order valence-electron chi connectivity index (χ0n) is 6.03. The Kier molecular flexibility index (Phi) is 4.85. The fourth-order valence-electron chi connectivity index (χ4n) is 0.309. The molecular formula is C4H12NO4P. The van der Waals surface area contributed by atoms with Crippen LogP contribution in [-0.4, -0.2) is 32.3 Å². The molecule has 0 fully saturated rings. The summed E-state index contributed by atoms with van der Waals surface area (Å²) in [7, 11) is -0.687. The Bertz CT molecular complexity index is 128. The Morgan fingerprint density at radius 3 is 2.60 bits per heavy atom. The molecule has 1 unspecified atom stereocenters. The van der Waals surface area contributed by atoms with Crippen molar-refractivity contribution in [2.24, 2.45) is 0 Å². The Morgan fingerprint density at radius 1 is 1.60 bits per heavy atom.